The van der Waals surface area contributed by atoms with E-state index in [0.29, 0.717) is 0 Å². The van der Waals surface area contributed by atoms with Crippen molar-refractivity contribution in [2.45, 2.75) is 39.7 Å². The number of aromatic nitrogens is 2. The molecular weight excluding hydrogens is 278 g/mol. The molecule has 0 saturated carbocycles. The molecule has 1 rings (SSSR count). The van der Waals surface area contributed by atoms with E-state index in [1.807, 2.05) is 25.8 Å². The van der Waals surface area contributed by atoms with Gasteiger partial charge in [-0.15, -0.1) is 0 Å². The van der Waals surface area contributed by atoms with Gasteiger partial charge in [-0.1, -0.05) is 20.8 Å². The summed E-state index contributed by atoms with van der Waals surface area (Å²) in [6.45, 7) is 5.45. The third-order valence-electron chi connectivity index (χ3n) is 2.93. The lowest BCUT2D eigenvalue weighted by Crippen LogP contribution is -2.45. The third kappa shape index (κ3) is 5.64. The fourth-order valence-electron chi connectivity index (χ4n) is 1.78. The van der Waals surface area contributed by atoms with Crippen LogP contribution < -0.4 is 16.6 Å². The highest BCUT2D eigenvalue weighted by molar-refractivity contribution is 5.79. The summed E-state index contributed by atoms with van der Waals surface area (Å²) in [7, 11) is 0. The van der Waals surface area contributed by atoms with Gasteiger partial charge in [0.05, 0.1) is 12.8 Å². The molecule has 4 N–H and O–H groups in total. The van der Waals surface area contributed by atoms with Crippen LogP contribution in [0.15, 0.2) is 15.7 Å². The third-order valence-corrected chi connectivity index (χ3v) is 2.93. The van der Waals surface area contributed by atoms with Crippen LogP contribution in [0.3, 0.4) is 0 Å². The summed E-state index contributed by atoms with van der Waals surface area (Å²) in [6, 6.07) is 0.556. The number of carbonyl (C=O) groups excluding carboxylic acids is 1. The minimum atomic E-state index is -1.01. The number of amides is 1. The lowest BCUT2D eigenvalue weighted by atomic mass is 9.84. The summed E-state index contributed by atoms with van der Waals surface area (Å²) in [5, 5.41) is 11.5. The van der Waals surface area contributed by atoms with E-state index >= 15 is 0 Å². The summed E-state index contributed by atoms with van der Waals surface area (Å²) < 4.78 is 0. The Hall–Kier alpha value is -2.38. The van der Waals surface area contributed by atoms with Crippen LogP contribution in [0.5, 0.6) is 0 Å². The van der Waals surface area contributed by atoms with Crippen LogP contribution in [-0.4, -0.2) is 33.0 Å². The first-order chi connectivity index (χ1) is 9.57. The van der Waals surface area contributed by atoms with Gasteiger partial charge in [0.25, 0.3) is 5.56 Å². The Kier molecular flexibility index (Phi) is 5.07. The molecule has 0 spiro atoms. The molecule has 1 heterocycles. The molecule has 0 aliphatic rings. The quantitative estimate of drug-likeness (QED) is 0.587. The average molecular weight is 297 g/mol. The van der Waals surface area contributed by atoms with Crippen LogP contribution in [0.1, 0.15) is 32.9 Å². The minimum absolute atomic E-state index is 0.171. The Balaban J connectivity index is 2.80. The number of carboxylic acids is 1. The molecule has 1 amide bonds. The van der Waals surface area contributed by atoms with Crippen LogP contribution in [0, 0.1) is 5.41 Å². The van der Waals surface area contributed by atoms with E-state index in [1.54, 1.807) is 0 Å². The van der Waals surface area contributed by atoms with Gasteiger partial charge in [0.2, 0.25) is 5.91 Å². The summed E-state index contributed by atoms with van der Waals surface area (Å²) >= 11 is 0. The fraction of sp³-hybridized carbons (Fsp3) is 0.538. The number of aliphatic carboxylic acids is 1. The summed E-state index contributed by atoms with van der Waals surface area (Å²) in [4.78, 5) is 49.4. The van der Waals surface area contributed by atoms with Gasteiger partial charge in [-0.2, -0.15) is 0 Å². The maximum Gasteiger partial charge on any atom is 0.325 e. The van der Waals surface area contributed by atoms with E-state index in [4.69, 9.17) is 5.11 Å². The number of H-pyrrole nitrogens is 2. The van der Waals surface area contributed by atoms with Crippen molar-refractivity contribution in [3.05, 3.63) is 32.6 Å². The number of rotatable bonds is 5. The standard InChI is InChI=1S/C13H19N3O5/c1-13(2,3)8(6-11(19)20)15-9(17)4-7-5-10(18)16-12(21)14-7/h5,8H,4,6H2,1-3H3,(H,15,17)(H,19,20)(H2,14,16,18,21). The molecule has 0 aliphatic carbocycles. The first kappa shape index (κ1) is 16.7. The molecule has 0 bridgehead atoms. The SMILES string of the molecule is CC(C)(C)C(CC(=O)O)NC(=O)Cc1cc(=O)[nH]c(=O)[nH]1. The Morgan fingerprint density at radius 2 is 1.90 bits per heavy atom. The van der Waals surface area contributed by atoms with E-state index in [1.165, 1.54) is 0 Å². The van der Waals surface area contributed by atoms with Crippen molar-refractivity contribution < 1.29 is 14.7 Å². The highest BCUT2D eigenvalue weighted by Crippen LogP contribution is 2.21. The number of hydrogen-bond acceptors (Lipinski definition) is 4. The van der Waals surface area contributed by atoms with Crippen LogP contribution in [0.4, 0.5) is 0 Å². The van der Waals surface area contributed by atoms with Crippen LogP contribution in [0.2, 0.25) is 0 Å². The molecule has 0 aliphatic heterocycles. The first-order valence-corrected chi connectivity index (χ1v) is 6.41. The number of carbonyl (C=O) groups is 2. The summed E-state index contributed by atoms with van der Waals surface area (Å²) in [5.74, 6) is -1.47. The number of aromatic amines is 2. The van der Waals surface area contributed by atoms with Crippen LogP contribution >= 0.6 is 0 Å². The molecule has 21 heavy (non-hydrogen) atoms. The second-order valence-corrected chi connectivity index (χ2v) is 5.87. The zero-order valence-electron chi connectivity index (χ0n) is 12.1. The van der Waals surface area contributed by atoms with Crippen LogP contribution in [0.25, 0.3) is 0 Å². The number of carboxylic acid groups (broad SMARTS) is 1. The van der Waals surface area contributed by atoms with Crippen molar-refractivity contribution in [3.8, 4) is 0 Å². The monoisotopic (exact) mass is 297 g/mol. The molecule has 1 aromatic heterocycles. The van der Waals surface area contributed by atoms with Crippen molar-refractivity contribution in [1.82, 2.24) is 15.3 Å². The average Bonchev–Trinajstić information content (AvgIpc) is 2.24. The van der Waals surface area contributed by atoms with E-state index in [9.17, 15) is 19.2 Å². The lowest BCUT2D eigenvalue weighted by Gasteiger charge is -2.30. The highest BCUT2D eigenvalue weighted by Gasteiger charge is 2.28. The molecule has 0 aromatic carbocycles. The molecule has 8 heteroatoms. The molecule has 116 valence electrons. The summed E-state index contributed by atoms with van der Waals surface area (Å²) in [6.07, 6.45) is -0.410. The molecule has 0 saturated heterocycles. The molecule has 0 radical (unpaired) electrons. The number of nitrogens with one attached hydrogen (secondary N) is 3. The molecule has 1 aromatic rings. The molecule has 1 atom stereocenters. The second-order valence-electron chi connectivity index (χ2n) is 5.87. The Labute approximate surface area is 120 Å². The van der Waals surface area contributed by atoms with Crippen LogP contribution in [-0.2, 0) is 16.0 Å². The maximum absolute atomic E-state index is 11.9. The van der Waals surface area contributed by atoms with Crippen molar-refractivity contribution in [2.75, 3.05) is 0 Å². The van der Waals surface area contributed by atoms with Crippen molar-refractivity contribution >= 4 is 11.9 Å². The van der Waals surface area contributed by atoms with Crippen molar-refractivity contribution in [2.24, 2.45) is 5.41 Å². The van der Waals surface area contributed by atoms with E-state index in [-0.39, 0.29) is 18.5 Å². The van der Waals surface area contributed by atoms with Gasteiger partial charge < -0.3 is 15.4 Å². The van der Waals surface area contributed by atoms with Gasteiger partial charge in [0.15, 0.2) is 0 Å². The van der Waals surface area contributed by atoms with Gasteiger partial charge in [-0.05, 0) is 5.41 Å². The van der Waals surface area contributed by atoms with E-state index in [0.717, 1.165) is 6.07 Å². The van der Waals surface area contributed by atoms with Gasteiger partial charge in [-0.25, -0.2) is 4.79 Å². The van der Waals surface area contributed by atoms with Crippen molar-refractivity contribution in [3.63, 3.8) is 0 Å². The second kappa shape index (κ2) is 6.38. The normalized spacial score (nSPS) is 12.7. The molecule has 1 unspecified atom stereocenters. The minimum Gasteiger partial charge on any atom is -0.481 e. The maximum atomic E-state index is 11.9. The smallest absolute Gasteiger partial charge is 0.325 e. The van der Waals surface area contributed by atoms with E-state index in [2.05, 4.69) is 10.3 Å². The zero-order chi connectivity index (χ0) is 16.2. The largest absolute Gasteiger partial charge is 0.481 e. The Bertz CT molecular complexity index is 610. The van der Waals surface area contributed by atoms with Gasteiger partial charge in [-0.3, -0.25) is 19.4 Å². The zero-order valence-corrected chi connectivity index (χ0v) is 12.1. The summed E-state index contributed by atoms with van der Waals surface area (Å²) in [5.41, 5.74) is -1.55. The van der Waals surface area contributed by atoms with E-state index < -0.39 is 34.6 Å². The fourth-order valence-corrected chi connectivity index (χ4v) is 1.78. The Morgan fingerprint density at radius 3 is 2.38 bits per heavy atom. The Morgan fingerprint density at radius 1 is 1.29 bits per heavy atom. The lowest BCUT2D eigenvalue weighted by molar-refractivity contribution is -0.138. The predicted octanol–water partition coefficient (Wildman–Crippen LogP) is -0.389. The first-order valence-electron chi connectivity index (χ1n) is 6.41. The van der Waals surface area contributed by atoms with Gasteiger partial charge >= 0.3 is 11.7 Å². The van der Waals surface area contributed by atoms with Crippen molar-refractivity contribution in [1.29, 1.82) is 0 Å². The molecular formula is C13H19N3O5. The highest BCUT2D eigenvalue weighted by atomic mass is 16.4. The molecule has 8 nitrogen and oxygen atoms in total. The van der Waals surface area contributed by atoms with Gasteiger partial charge in [0.1, 0.15) is 0 Å². The molecule has 0 fully saturated rings. The predicted molar refractivity (Wildman–Crippen MR) is 75.0 cm³/mol. The van der Waals surface area contributed by atoms with Gasteiger partial charge in [0, 0.05) is 17.8 Å². The number of hydrogen-bond donors (Lipinski definition) is 4. The topological polar surface area (TPSA) is 132 Å².